The summed E-state index contributed by atoms with van der Waals surface area (Å²) in [6.07, 6.45) is -0.447. The van der Waals surface area contributed by atoms with E-state index in [-0.39, 0.29) is 10.7 Å². The van der Waals surface area contributed by atoms with E-state index < -0.39 is 24.1 Å². The maximum Gasteiger partial charge on any atom is 0.233 e. The summed E-state index contributed by atoms with van der Waals surface area (Å²) in [4.78, 5) is 23.6. The maximum absolute atomic E-state index is 13.0. The second-order valence-electron chi connectivity index (χ2n) is 4.53. The lowest BCUT2D eigenvalue weighted by atomic mass is 10.2. The van der Waals surface area contributed by atoms with Gasteiger partial charge in [0, 0.05) is 10.7 Å². The third-order valence-electron chi connectivity index (χ3n) is 2.73. The van der Waals surface area contributed by atoms with E-state index >= 15 is 0 Å². The molecule has 23 heavy (non-hydrogen) atoms. The smallest absolute Gasteiger partial charge is 0.233 e. The van der Waals surface area contributed by atoms with Gasteiger partial charge in [0.25, 0.3) is 0 Å². The molecule has 0 saturated heterocycles. The van der Waals surface area contributed by atoms with E-state index in [4.69, 9.17) is 34.8 Å². The normalized spacial score (nSPS) is 10.3. The Morgan fingerprint density at radius 2 is 1.61 bits per heavy atom. The highest BCUT2D eigenvalue weighted by Gasteiger charge is 2.12. The van der Waals surface area contributed by atoms with Gasteiger partial charge in [-0.05, 0) is 36.4 Å². The minimum Gasteiger partial charge on any atom is -0.326 e. The monoisotopic (exact) mass is 374 g/mol. The largest absolute Gasteiger partial charge is 0.326 e. The van der Waals surface area contributed by atoms with Crippen molar-refractivity contribution in [1.82, 2.24) is 0 Å². The van der Waals surface area contributed by atoms with Crippen LogP contribution in [0.1, 0.15) is 6.42 Å². The first-order valence-electron chi connectivity index (χ1n) is 6.35. The SMILES string of the molecule is O=C(CC(=O)Nc1cc(Cl)ccc1Cl)Nc1ccc(F)c(Cl)c1. The number of nitrogens with one attached hydrogen (secondary N) is 2. The second kappa shape index (κ2) is 7.64. The summed E-state index contributed by atoms with van der Waals surface area (Å²) in [5, 5.41) is 5.50. The summed E-state index contributed by atoms with van der Waals surface area (Å²) < 4.78 is 13.0. The number of hydrogen-bond donors (Lipinski definition) is 2. The van der Waals surface area contributed by atoms with Crippen molar-refractivity contribution >= 4 is 58.0 Å². The Bertz CT molecular complexity index is 768. The van der Waals surface area contributed by atoms with Crippen molar-refractivity contribution in [2.75, 3.05) is 10.6 Å². The molecule has 0 fully saturated rings. The fourth-order valence-electron chi connectivity index (χ4n) is 1.71. The molecule has 0 aliphatic heterocycles. The van der Waals surface area contributed by atoms with Gasteiger partial charge in [-0.2, -0.15) is 0 Å². The highest BCUT2D eigenvalue weighted by atomic mass is 35.5. The molecule has 0 heterocycles. The minimum atomic E-state index is -0.599. The van der Waals surface area contributed by atoms with Gasteiger partial charge in [0.1, 0.15) is 12.2 Å². The van der Waals surface area contributed by atoms with Gasteiger partial charge in [-0.3, -0.25) is 9.59 Å². The molecular formula is C15H10Cl3FN2O2. The van der Waals surface area contributed by atoms with Crippen molar-refractivity contribution < 1.29 is 14.0 Å². The number of hydrogen-bond acceptors (Lipinski definition) is 2. The third kappa shape index (κ3) is 5.10. The molecule has 2 rings (SSSR count). The molecule has 2 aromatic carbocycles. The molecule has 2 aromatic rings. The lowest BCUT2D eigenvalue weighted by molar-refractivity contribution is -0.123. The first-order chi connectivity index (χ1) is 10.8. The number of anilines is 2. The molecule has 0 saturated carbocycles. The first kappa shape index (κ1) is 17.5. The quantitative estimate of drug-likeness (QED) is 0.757. The van der Waals surface area contributed by atoms with Gasteiger partial charge >= 0.3 is 0 Å². The molecule has 0 aliphatic rings. The van der Waals surface area contributed by atoms with Gasteiger partial charge in [0.15, 0.2) is 0 Å². The predicted octanol–water partition coefficient (Wildman–Crippen LogP) is 4.75. The zero-order valence-electron chi connectivity index (χ0n) is 11.5. The Morgan fingerprint density at radius 3 is 2.30 bits per heavy atom. The summed E-state index contributed by atoms with van der Waals surface area (Å²) in [6.45, 7) is 0. The molecular weight excluding hydrogens is 366 g/mol. The van der Waals surface area contributed by atoms with Gasteiger partial charge in [0.2, 0.25) is 11.8 Å². The van der Waals surface area contributed by atoms with Gasteiger partial charge in [-0.25, -0.2) is 4.39 Å². The summed E-state index contributed by atoms with van der Waals surface area (Å²) in [6, 6.07) is 8.28. The molecule has 0 aromatic heterocycles. The molecule has 2 amide bonds. The predicted molar refractivity (Wildman–Crippen MR) is 89.7 cm³/mol. The number of amides is 2. The average molecular weight is 376 g/mol. The Labute approximate surface area is 146 Å². The van der Waals surface area contributed by atoms with E-state index in [9.17, 15) is 14.0 Å². The zero-order chi connectivity index (χ0) is 17.0. The summed E-state index contributed by atoms with van der Waals surface area (Å²) in [7, 11) is 0. The Hall–Kier alpha value is -1.82. The summed E-state index contributed by atoms with van der Waals surface area (Å²) in [5.74, 6) is -1.75. The van der Waals surface area contributed by atoms with E-state index in [2.05, 4.69) is 10.6 Å². The lowest BCUT2D eigenvalue weighted by Gasteiger charge is -2.08. The average Bonchev–Trinajstić information content (AvgIpc) is 2.46. The van der Waals surface area contributed by atoms with Crippen LogP contribution in [0.4, 0.5) is 15.8 Å². The molecule has 8 heteroatoms. The molecule has 4 nitrogen and oxygen atoms in total. The van der Waals surface area contributed by atoms with Crippen LogP contribution in [-0.4, -0.2) is 11.8 Å². The highest BCUT2D eigenvalue weighted by Crippen LogP contribution is 2.25. The van der Waals surface area contributed by atoms with Crippen LogP contribution in [0.3, 0.4) is 0 Å². The molecule has 0 spiro atoms. The van der Waals surface area contributed by atoms with Crippen molar-refractivity contribution in [2.45, 2.75) is 6.42 Å². The molecule has 2 N–H and O–H groups in total. The van der Waals surface area contributed by atoms with E-state index in [0.29, 0.717) is 15.7 Å². The standard InChI is InChI=1S/C15H10Cl3FN2O2/c16-8-1-3-10(17)13(5-8)21-15(23)7-14(22)20-9-2-4-12(19)11(18)6-9/h1-6H,7H2,(H,20,22)(H,21,23). The number of benzene rings is 2. The minimum absolute atomic E-state index is 0.127. The number of halogens is 4. The Balaban J connectivity index is 1.95. The van der Waals surface area contributed by atoms with Crippen LogP contribution in [0.25, 0.3) is 0 Å². The van der Waals surface area contributed by atoms with Crippen LogP contribution >= 0.6 is 34.8 Å². The molecule has 0 atom stereocenters. The second-order valence-corrected chi connectivity index (χ2v) is 5.78. The van der Waals surface area contributed by atoms with E-state index in [1.54, 1.807) is 6.07 Å². The maximum atomic E-state index is 13.0. The Kier molecular flexibility index (Phi) is 5.82. The highest BCUT2D eigenvalue weighted by molar-refractivity contribution is 6.35. The number of rotatable bonds is 4. The molecule has 0 aliphatic carbocycles. The molecule has 0 radical (unpaired) electrons. The summed E-state index contributed by atoms with van der Waals surface area (Å²) >= 11 is 17.3. The van der Waals surface area contributed by atoms with E-state index in [1.165, 1.54) is 24.3 Å². The van der Waals surface area contributed by atoms with Crippen LogP contribution < -0.4 is 10.6 Å². The number of carbonyl (C=O) groups is 2. The first-order valence-corrected chi connectivity index (χ1v) is 7.48. The third-order valence-corrected chi connectivity index (χ3v) is 3.58. The molecule has 0 unspecified atom stereocenters. The fraction of sp³-hybridized carbons (Fsp3) is 0.0667. The van der Waals surface area contributed by atoms with Crippen molar-refractivity contribution in [3.05, 3.63) is 57.3 Å². The van der Waals surface area contributed by atoms with Crippen LogP contribution in [-0.2, 0) is 9.59 Å². The Morgan fingerprint density at radius 1 is 0.913 bits per heavy atom. The number of carbonyl (C=O) groups excluding carboxylic acids is 2. The van der Waals surface area contributed by atoms with Crippen molar-refractivity contribution in [3.8, 4) is 0 Å². The van der Waals surface area contributed by atoms with Gasteiger partial charge in [-0.1, -0.05) is 34.8 Å². The van der Waals surface area contributed by atoms with Gasteiger partial charge in [0.05, 0.1) is 15.7 Å². The lowest BCUT2D eigenvalue weighted by Crippen LogP contribution is -2.21. The molecule has 0 bridgehead atoms. The van der Waals surface area contributed by atoms with E-state index in [1.807, 2.05) is 0 Å². The van der Waals surface area contributed by atoms with Crippen molar-refractivity contribution in [3.63, 3.8) is 0 Å². The van der Waals surface area contributed by atoms with Crippen molar-refractivity contribution in [2.24, 2.45) is 0 Å². The topological polar surface area (TPSA) is 58.2 Å². The zero-order valence-corrected chi connectivity index (χ0v) is 13.8. The van der Waals surface area contributed by atoms with Crippen LogP contribution in [0.2, 0.25) is 15.1 Å². The van der Waals surface area contributed by atoms with Gasteiger partial charge < -0.3 is 10.6 Å². The van der Waals surface area contributed by atoms with Crippen LogP contribution in [0, 0.1) is 5.82 Å². The summed E-state index contributed by atoms with van der Waals surface area (Å²) in [5.41, 5.74) is 0.594. The van der Waals surface area contributed by atoms with Crippen LogP contribution in [0.15, 0.2) is 36.4 Å². The fourth-order valence-corrected chi connectivity index (χ4v) is 2.23. The molecule has 120 valence electrons. The van der Waals surface area contributed by atoms with Crippen molar-refractivity contribution in [1.29, 1.82) is 0 Å². The van der Waals surface area contributed by atoms with Crippen LogP contribution in [0.5, 0.6) is 0 Å². The van der Waals surface area contributed by atoms with Gasteiger partial charge in [-0.15, -0.1) is 0 Å². The van der Waals surface area contributed by atoms with E-state index in [0.717, 1.165) is 6.07 Å².